The lowest BCUT2D eigenvalue weighted by molar-refractivity contribution is 0.198. The number of aliphatic hydroxyl groups is 2. The van der Waals surface area contributed by atoms with Crippen molar-refractivity contribution in [3.63, 3.8) is 0 Å². The number of ether oxygens (including phenoxy) is 2. The van der Waals surface area contributed by atoms with Gasteiger partial charge in [-0.15, -0.1) is 0 Å². The molecule has 0 radical (unpaired) electrons. The van der Waals surface area contributed by atoms with E-state index in [0.717, 1.165) is 22.6 Å². The molecule has 2 aromatic carbocycles. The average molecular weight is 573 g/mol. The number of aliphatic hydroxyl groups excluding tert-OH is 2. The number of methoxy groups -OCH3 is 2. The van der Waals surface area contributed by atoms with Crippen molar-refractivity contribution in [2.75, 3.05) is 60.8 Å². The number of benzene rings is 2. The third kappa shape index (κ3) is 6.09. The molecule has 2 aliphatic heterocycles. The van der Waals surface area contributed by atoms with Crippen LogP contribution in [0.1, 0.15) is 24.0 Å². The van der Waals surface area contributed by atoms with Gasteiger partial charge in [0.1, 0.15) is 22.5 Å². The van der Waals surface area contributed by atoms with Gasteiger partial charge in [-0.2, -0.15) is 9.97 Å². The van der Waals surface area contributed by atoms with Crippen LogP contribution in [-0.2, 0) is 13.1 Å². The molecule has 2 saturated heterocycles. The Kier molecular flexibility index (Phi) is 8.06. The van der Waals surface area contributed by atoms with Crippen molar-refractivity contribution in [1.82, 2.24) is 19.9 Å². The number of anilines is 4. The molecule has 12 heteroatoms. The number of nitrogens with zero attached hydrogens (tertiary/aromatic N) is 6. The number of aromatic nitrogens is 4. The Balaban J connectivity index is 1.40. The largest absolute Gasteiger partial charge is 0.497 e. The smallest absolute Gasteiger partial charge is 0.228 e. The van der Waals surface area contributed by atoms with Crippen molar-refractivity contribution in [3.05, 3.63) is 59.7 Å². The fourth-order valence-corrected chi connectivity index (χ4v) is 5.23. The Bertz CT molecular complexity index is 1400. The summed E-state index contributed by atoms with van der Waals surface area (Å²) in [6, 6.07) is 15.7. The minimum Gasteiger partial charge on any atom is -0.497 e. The van der Waals surface area contributed by atoms with E-state index in [9.17, 15) is 10.2 Å². The molecule has 0 amide bonds. The summed E-state index contributed by atoms with van der Waals surface area (Å²) in [6.07, 6.45) is 0.470. The SMILES string of the molecule is COc1ccc(CNc2nc(N3CC[C@@H](O)C3)nc3c(NCc4ccc(OC)cc4)nc(N4CC[C@@H](O)C4)nc23)cc1. The van der Waals surface area contributed by atoms with E-state index in [-0.39, 0.29) is 0 Å². The van der Waals surface area contributed by atoms with E-state index in [2.05, 4.69) is 10.6 Å². The Morgan fingerprint density at radius 2 is 1.07 bits per heavy atom. The van der Waals surface area contributed by atoms with Crippen LogP contribution in [0, 0.1) is 0 Å². The van der Waals surface area contributed by atoms with Crippen LogP contribution in [-0.4, -0.2) is 82.8 Å². The first kappa shape index (κ1) is 27.7. The maximum atomic E-state index is 10.2. The summed E-state index contributed by atoms with van der Waals surface area (Å²) < 4.78 is 10.6. The third-order valence-electron chi connectivity index (χ3n) is 7.65. The molecule has 4 heterocycles. The van der Waals surface area contributed by atoms with E-state index in [1.807, 2.05) is 58.3 Å². The van der Waals surface area contributed by atoms with Gasteiger partial charge >= 0.3 is 0 Å². The quantitative estimate of drug-likeness (QED) is 0.222. The lowest BCUT2D eigenvalue weighted by atomic mass is 10.2. The van der Waals surface area contributed by atoms with Gasteiger partial charge in [0.2, 0.25) is 11.9 Å². The molecule has 4 aromatic rings. The summed E-state index contributed by atoms with van der Waals surface area (Å²) in [5.74, 6) is 3.75. The highest BCUT2D eigenvalue weighted by Gasteiger charge is 2.27. The molecule has 0 saturated carbocycles. The molecule has 220 valence electrons. The highest BCUT2D eigenvalue weighted by atomic mass is 16.5. The average Bonchev–Trinajstić information content (AvgIpc) is 3.67. The molecule has 42 heavy (non-hydrogen) atoms. The first-order chi connectivity index (χ1) is 20.5. The number of β-amino-alcohol motifs (C(OH)–C–C–N with tert-alkyl or cyclic N) is 2. The summed E-state index contributed by atoms with van der Waals surface area (Å²) in [7, 11) is 3.29. The van der Waals surface area contributed by atoms with Crippen LogP contribution in [0.2, 0.25) is 0 Å². The molecule has 2 fully saturated rings. The number of rotatable bonds is 10. The summed E-state index contributed by atoms with van der Waals surface area (Å²) in [4.78, 5) is 23.6. The molecule has 0 aliphatic carbocycles. The first-order valence-corrected chi connectivity index (χ1v) is 14.2. The lowest BCUT2D eigenvalue weighted by Crippen LogP contribution is -2.25. The second-order valence-electron chi connectivity index (χ2n) is 10.6. The molecule has 0 bridgehead atoms. The van der Waals surface area contributed by atoms with Crippen LogP contribution in [0.3, 0.4) is 0 Å². The first-order valence-electron chi connectivity index (χ1n) is 14.2. The third-order valence-corrected chi connectivity index (χ3v) is 7.65. The van der Waals surface area contributed by atoms with Gasteiger partial charge in [0.05, 0.1) is 26.4 Å². The minimum absolute atomic E-state index is 0.423. The van der Waals surface area contributed by atoms with Crippen molar-refractivity contribution in [1.29, 1.82) is 0 Å². The number of fused-ring (bicyclic) bond motifs is 1. The maximum absolute atomic E-state index is 10.2. The Hall–Kier alpha value is -4.42. The van der Waals surface area contributed by atoms with Crippen LogP contribution in [0.5, 0.6) is 11.5 Å². The molecule has 0 unspecified atom stereocenters. The standard InChI is InChI=1S/C30H36N8O4/c1-41-23-7-3-19(4-8-23)15-31-27-25-26(34-29(35-27)37-13-11-21(39)17-37)28(32-16-20-5-9-24(42-2)10-6-20)36-30(33-25)38-14-12-22(40)18-38/h3-10,21-22,39-40H,11-18H2,1-2H3,(H,31,34,35)(H,32,33,36)/t21-,22-/m1/s1. The van der Waals surface area contributed by atoms with Crippen molar-refractivity contribution in [2.45, 2.75) is 38.1 Å². The van der Waals surface area contributed by atoms with Crippen molar-refractivity contribution in [3.8, 4) is 11.5 Å². The van der Waals surface area contributed by atoms with Gasteiger partial charge in [0, 0.05) is 39.3 Å². The highest BCUT2D eigenvalue weighted by Crippen LogP contribution is 2.31. The van der Waals surface area contributed by atoms with E-state index in [1.165, 1.54) is 0 Å². The van der Waals surface area contributed by atoms with Gasteiger partial charge < -0.3 is 40.1 Å². The fourth-order valence-electron chi connectivity index (χ4n) is 5.23. The van der Waals surface area contributed by atoms with Crippen LogP contribution in [0.15, 0.2) is 48.5 Å². The van der Waals surface area contributed by atoms with Crippen LogP contribution < -0.4 is 29.9 Å². The molecule has 4 N–H and O–H groups in total. The Morgan fingerprint density at radius 3 is 1.40 bits per heavy atom. The zero-order valence-corrected chi connectivity index (χ0v) is 23.8. The normalized spacial score (nSPS) is 18.5. The topological polar surface area (TPSA) is 141 Å². The molecular weight excluding hydrogens is 536 g/mol. The zero-order chi connectivity index (χ0) is 29.1. The molecule has 12 nitrogen and oxygen atoms in total. The highest BCUT2D eigenvalue weighted by molar-refractivity contribution is 5.94. The molecular formula is C30H36N8O4. The predicted molar refractivity (Wildman–Crippen MR) is 161 cm³/mol. The van der Waals surface area contributed by atoms with Gasteiger partial charge in [0.25, 0.3) is 0 Å². The number of hydrogen-bond acceptors (Lipinski definition) is 12. The predicted octanol–water partition coefficient (Wildman–Crippen LogP) is 2.80. The van der Waals surface area contributed by atoms with Gasteiger partial charge in [-0.25, -0.2) is 9.97 Å². The number of nitrogens with one attached hydrogen (secondary N) is 2. The van der Waals surface area contributed by atoms with Gasteiger partial charge in [0.15, 0.2) is 11.6 Å². The lowest BCUT2D eigenvalue weighted by Gasteiger charge is -2.21. The second kappa shape index (κ2) is 12.2. The van der Waals surface area contributed by atoms with Crippen molar-refractivity contribution in [2.24, 2.45) is 0 Å². The monoisotopic (exact) mass is 572 g/mol. The molecule has 2 aliphatic rings. The molecule has 2 atom stereocenters. The van der Waals surface area contributed by atoms with Crippen molar-refractivity contribution >= 4 is 34.6 Å². The van der Waals surface area contributed by atoms with Crippen LogP contribution in [0.25, 0.3) is 11.0 Å². The van der Waals surface area contributed by atoms with Crippen LogP contribution in [0.4, 0.5) is 23.5 Å². The fraction of sp³-hybridized carbons (Fsp3) is 0.400. The van der Waals surface area contributed by atoms with Gasteiger partial charge in [-0.3, -0.25) is 0 Å². The van der Waals surface area contributed by atoms with E-state index >= 15 is 0 Å². The van der Waals surface area contributed by atoms with Crippen molar-refractivity contribution < 1.29 is 19.7 Å². The summed E-state index contributed by atoms with van der Waals surface area (Å²) in [5, 5.41) is 27.4. The summed E-state index contributed by atoms with van der Waals surface area (Å²) in [5.41, 5.74) is 3.26. The molecule has 0 spiro atoms. The van der Waals surface area contributed by atoms with E-state index in [4.69, 9.17) is 29.4 Å². The van der Waals surface area contributed by atoms with Crippen LogP contribution >= 0.6 is 0 Å². The summed E-state index contributed by atoms with van der Waals surface area (Å²) in [6.45, 7) is 3.25. The van der Waals surface area contributed by atoms with Gasteiger partial charge in [-0.05, 0) is 48.2 Å². The Labute approximate surface area is 244 Å². The minimum atomic E-state index is -0.423. The second-order valence-corrected chi connectivity index (χ2v) is 10.6. The Morgan fingerprint density at radius 1 is 0.667 bits per heavy atom. The molecule has 2 aromatic heterocycles. The molecule has 6 rings (SSSR count). The van der Waals surface area contributed by atoms with E-state index in [1.54, 1.807) is 14.2 Å². The number of hydrogen-bond donors (Lipinski definition) is 4. The maximum Gasteiger partial charge on any atom is 0.228 e. The van der Waals surface area contributed by atoms with E-state index in [0.29, 0.717) is 86.7 Å². The van der Waals surface area contributed by atoms with E-state index < -0.39 is 12.2 Å². The summed E-state index contributed by atoms with van der Waals surface area (Å²) >= 11 is 0. The zero-order valence-electron chi connectivity index (χ0n) is 23.8. The van der Waals surface area contributed by atoms with Gasteiger partial charge in [-0.1, -0.05) is 24.3 Å².